The summed E-state index contributed by atoms with van der Waals surface area (Å²) in [5.74, 6) is 0. The van der Waals surface area contributed by atoms with Crippen LogP contribution in [0.4, 0.5) is 13.2 Å². The van der Waals surface area contributed by atoms with E-state index in [1.54, 1.807) is 36.7 Å². The molecule has 0 amide bonds. The molecule has 11 heteroatoms. The number of alkyl halides is 3. The SMILES string of the molecule is CSc1cnn(-c2ccc(C#N)cc2)c1-c1c(C)n(-c2cccc(C(F)(F)F)c2)c(=O)n(C)c1=O. The highest BCUT2D eigenvalue weighted by atomic mass is 32.2. The molecule has 0 spiro atoms. The van der Waals surface area contributed by atoms with Crippen molar-refractivity contribution in [2.75, 3.05) is 6.26 Å². The molecule has 4 rings (SSSR count). The van der Waals surface area contributed by atoms with Crippen molar-refractivity contribution in [1.29, 1.82) is 5.26 Å². The van der Waals surface area contributed by atoms with Crippen molar-refractivity contribution in [3.05, 3.63) is 92.4 Å². The molecule has 0 radical (unpaired) electrons. The fourth-order valence-corrected chi connectivity index (χ4v) is 4.33. The molecule has 2 aromatic carbocycles. The number of rotatable bonds is 4. The Bertz CT molecular complexity index is 1590. The molecule has 0 fully saturated rings. The average molecular weight is 498 g/mol. The Hall–Kier alpha value is -4.04. The summed E-state index contributed by atoms with van der Waals surface area (Å²) < 4.78 is 43.5. The zero-order chi connectivity index (χ0) is 25.5. The summed E-state index contributed by atoms with van der Waals surface area (Å²) in [6.07, 6.45) is -1.24. The van der Waals surface area contributed by atoms with Gasteiger partial charge in [0.15, 0.2) is 0 Å². The van der Waals surface area contributed by atoms with Crippen LogP contribution in [0.25, 0.3) is 22.6 Å². The van der Waals surface area contributed by atoms with E-state index in [-0.39, 0.29) is 16.9 Å². The Balaban J connectivity index is 2.05. The molecule has 7 nitrogen and oxygen atoms in total. The number of hydrogen-bond donors (Lipinski definition) is 0. The molecule has 0 bridgehead atoms. The maximum absolute atomic E-state index is 13.3. The van der Waals surface area contributed by atoms with Crippen molar-refractivity contribution in [3.63, 3.8) is 0 Å². The first-order chi connectivity index (χ1) is 16.6. The normalized spacial score (nSPS) is 11.5. The van der Waals surface area contributed by atoms with Crippen molar-refractivity contribution >= 4 is 11.8 Å². The minimum absolute atomic E-state index is 0.0192. The molecular weight excluding hydrogens is 479 g/mol. The molecule has 0 aliphatic carbocycles. The van der Waals surface area contributed by atoms with E-state index in [9.17, 15) is 22.8 Å². The van der Waals surface area contributed by atoms with Gasteiger partial charge in [0.05, 0.1) is 50.9 Å². The van der Waals surface area contributed by atoms with Gasteiger partial charge < -0.3 is 0 Å². The maximum Gasteiger partial charge on any atom is 0.416 e. The molecule has 0 unspecified atom stereocenters. The summed E-state index contributed by atoms with van der Waals surface area (Å²) in [6.45, 7) is 1.51. The van der Waals surface area contributed by atoms with E-state index in [1.807, 2.05) is 6.07 Å². The summed E-state index contributed by atoms with van der Waals surface area (Å²) in [7, 11) is 1.28. The molecule has 0 atom stereocenters. The summed E-state index contributed by atoms with van der Waals surface area (Å²) in [5, 5.41) is 13.5. The highest BCUT2D eigenvalue weighted by Gasteiger charge is 2.31. The summed E-state index contributed by atoms with van der Waals surface area (Å²) in [4.78, 5) is 27.0. The molecule has 35 heavy (non-hydrogen) atoms. The Morgan fingerprint density at radius 3 is 2.34 bits per heavy atom. The quantitative estimate of drug-likeness (QED) is 0.392. The van der Waals surface area contributed by atoms with Crippen molar-refractivity contribution in [1.82, 2.24) is 18.9 Å². The lowest BCUT2D eigenvalue weighted by molar-refractivity contribution is -0.137. The number of nitrogens with zero attached hydrogens (tertiary/aromatic N) is 5. The molecule has 0 saturated heterocycles. The lowest BCUT2D eigenvalue weighted by atomic mass is 10.1. The molecule has 0 aliphatic heterocycles. The van der Waals surface area contributed by atoms with Gasteiger partial charge in [0.1, 0.15) is 0 Å². The van der Waals surface area contributed by atoms with Crippen molar-refractivity contribution in [2.24, 2.45) is 7.05 Å². The third-order valence-corrected chi connectivity index (χ3v) is 6.30. The summed E-state index contributed by atoms with van der Waals surface area (Å²) >= 11 is 1.33. The second-order valence-corrected chi connectivity index (χ2v) is 8.47. The third kappa shape index (κ3) is 4.17. The molecule has 0 saturated carbocycles. The van der Waals surface area contributed by atoms with Crippen LogP contribution in [-0.2, 0) is 13.2 Å². The Morgan fingerprint density at radius 1 is 1.06 bits per heavy atom. The third-order valence-electron chi connectivity index (χ3n) is 5.56. The lowest BCUT2D eigenvalue weighted by Gasteiger charge is -2.18. The van der Waals surface area contributed by atoms with E-state index < -0.39 is 23.0 Å². The fourth-order valence-electron chi connectivity index (χ4n) is 3.80. The van der Waals surface area contributed by atoms with Crippen LogP contribution in [0.2, 0.25) is 0 Å². The number of benzene rings is 2. The van der Waals surface area contributed by atoms with Gasteiger partial charge in [0.2, 0.25) is 0 Å². The van der Waals surface area contributed by atoms with Crippen LogP contribution in [0.5, 0.6) is 0 Å². The van der Waals surface area contributed by atoms with E-state index in [4.69, 9.17) is 5.26 Å². The highest BCUT2D eigenvalue weighted by molar-refractivity contribution is 7.98. The molecule has 178 valence electrons. The molecule has 4 aromatic rings. The second-order valence-electron chi connectivity index (χ2n) is 7.62. The lowest BCUT2D eigenvalue weighted by Crippen LogP contribution is -2.40. The minimum atomic E-state index is -4.60. The Labute approximate surface area is 201 Å². The van der Waals surface area contributed by atoms with E-state index in [0.717, 1.165) is 21.3 Å². The number of halogens is 3. The van der Waals surface area contributed by atoms with Gasteiger partial charge >= 0.3 is 11.9 Å². The van der Waals surface area contributed by atoms with Gasteiger partial charge in [-0.3, -0.25) is 13.9 Å². The van der Waals surface area contributed by atoms with Gasteiger partial charge in [-0.2, -0.15) is 23.5 Å². The van der Waals surface area contributed by atoms with E-state index in [0.29, 0.717) is 21.8 Å². The topological polar surface area (TPSA) is 85.6 Å². The van der Waals surface area contributed by atoms with Crippen molar-refractivity contribution in [3.8, 4) is 28.7 Å². The van der Waals surface area contributed by atoms with Crippen LogP contribution in [0.15, 0.2) is 69.2 Å². The van der Waals surface area contributed by atoms with Crippen LogP contribution in [0.3, 0.4) is 0 Å². The van der Waals surface area contributed by atoms with Gasteiger partial charge in [-0.15, -0.1) is 11.8 Å². The maximum atomic E-state index is 13.3. The smallest absolute Gasteiger partial charge is 0.268 e. The van der Waals surface area contributed by atoms with Crippen LogP contribution in [-0.4, -0.2) is 25.2 Å². The standard InChI is InChI=1S/C24H18F3N5O2S/c1-14-20(21-19(35-3)13-29-32(21)17-9-7-15(12-28)8-10-17)22(33)30(2)23(34)31(14)18-6-4-5-16(11-18)24(25,26)27/h4-11,13H,1-3H3. The Kier molecular flexibility index (Phi) is 6.17. The Morgan fingerprint density at radius 2 is 1.74 bits per heavy atom. The number of hydrogen-bond acceptors (Lipinski definition) is 5. The average Bonchev–Trinajstić information content (AvgIpc) is 3.26. The molecule has 2 aromatic heterocycles. The number of aromatic nitrogens is 4. The minimum Gasteiger partial charge on any atom is -0.268 e. The van der Waals surface area contributed by atoms with E-state index in [1.165, 1.54) is 42.5 Å². The largest absolute Gasteiger partial charge is 0.416 e. The van der Waals surface area contributed by atoms with Gasteiger partial charge in [-0.25, -0.2) is 9.48 Å². The molecular formula is C24H18F3N5O2S. The van der Waals surface area contributed by atoms with Crippen LogP contribution in [0, 0.1) is 18.3 Å². The molecule has 2 heterocycles. The van der Waals surface area contributed by atoms with E-state index >= 15 is 0 Å². The van der Waals surface area contributed by atoms with E-state index in [2.05, 4.69) is 5.10 Å². The zero-order valence-corrected chi connectivity index (χ0v) is 19.6. The van der Waals surface area contributed by atoms with Crippen LogP contribution in [0.1, 0.15) is 16.8 Å². The summed E-state index contributed by atoms with van der Waals surface area (Å²) in [6, 6.07) is 13.0. The van der Waals surface area contributed by atoms with Gasteiger partial charge in [-0.1, -0.05) is 6.07 Å². The number of nitriles is 1. The fraction of sp³-hybridized carbons (Fsp3) is 0.167. The molecule has 0 N–H and O–H groups in total. The first-order valence-corrected chi connectivity index (χ1v) is 11.4. The van der Waals surface area contributed by atoms with Crippen LogP contribution >= 0.6 is 11.8 Å². The predicted octanol–water partition coefficient (Wildman–Crippen LogP) is 4.31. The first kappa shape index (κ1) is 24.1. The number of thioether (sulfide) groups is 1. The first-order valence-electron chi connectivity index (χ1n) is 10.2. The van der Waals surface area contributed by atoms with Crippen molar-refractivity contribution in [2.45, 2.75) is 18.0 Å². The monoisotopic (exact) mass is 497 g/mol. The van der Waals surface area contributed by atoms with Gasteiger partial charge in [-0.05, 0) is 55.6 Å². The highest BCUT2D eigenvalue weighted by Crippen LogP contribution is 2.34. The molecule has 0 aliphatic rings. The second kappa shape index (κ2) is 8.96. The summed E-state index contributed by atoms with van der Waals surface area (Å²) in [5.41, 5.74) is -0.624. The zero-order valence-electron chi connectivity index (χ0n) is 18.8. The predicted molar refractivity (Wildman–Crippen MR) is 126 cm³/mol. The van der Waals surface area contributed by atoms with Gasteiger partial charge in [0.25, 0.3) is 5.56 Å². The van der Waals surface area contributed by atoms with Crippen LogP contribution < -0.4 is 11.2 Å². The van der Waals surface area contributed by atoms with Crippen molar-refractivity contribution < 1.29 is 13.2 Å². The van der Waals surface area contributed by atoms with Gasteiger partial charge in [0, 0.05) is 12.7 Å².